The lowest BCUT2D eigenvalue weighted by Crippen LogP contribution is -2.68. The molecule has 2 heterocycles. The van der Waals surface area contributed by atoms with Crippen LogP contribution in [0.4, 0.5) is 0 Å². The maximum atomic E-state index is 12.7. The van der Waals surface area contributed by atoms with Gasteiger partial charge in [0.05, 0.1) is 25.2 Å². The average molecular weight is 465 g/mol. The molecular formula is C28H36N2O4. The number of rotatable bonds is 8. The molecule has 0 bridgehead atoms. The van der Waals surface area contributed by atoms with E-state index in [0.29, 0.717) is 0 Å². The number of carbonyl (C=O) groups excluding carboxylic acids is 1. The van der Waals surface area contributed by atoms with E-state index >= 15 is 0 Å². The number of piperidine rings is 1. The van der Waals surface area contributed by atoms with Crippen molar-refractivity contribution in [2.75, 3.05) is 33.9 Å². The number of likely N-dealkylation sites (tertiary alicyclic amines) is 1. The molecule has 0 radical (unpaired) electrons. The van der Waals surface area contributed by atoms with E-state index in [1.807, 2.05) is 19.2 Å². The summed E-state index contributed by atoms with van der Waals surface area (Å²) in [5.41, 5.74) is 1.68. The van der Waals surface area contributed by atoms with Gasteiger partial charge in [-0.3, -0.25) is 4.79 Å². The number of nitrogens with zero attached hydrogens (tertiary/aromatic N) is 1. The molecule has 182 valence electrons. The Labute approximate surface area is 202 Å². The fourth-order valence-electron chi connectivity index (χ4n) is 6.25. The second kappa shape index (κ2) is 9.59. The van der Waals surface area contributed by atoms with Crippen molar-refractivity contribution in [2.45, 2.75) is 55.6 Å². The predicted molar refractivity (Wildman–Crippen MR) is 132 cm³/mol. The monoisotopic (exact) mass is 464 g/mol. The first-order valence-electron chi connectivity index (χ1n) is 12.5. The molecule has 1 aromatic carbocycles. The van der Waals surface area contributed by atoms with Crippen LogP contribution in [-0.4, -0.2) is 56.3 Å². The Morgan fingerprint density at radius 3 is 2.85 bits per heavy atom. The molecule has 0 spiro atoms. The third-order valence-electron chi connectivity index (χ3n) is 8.24. The maximum absolute atomic E-state index is 12.7. The molecule has 2 aliphatic carbocycles. The Balaban J connectivity index is 1.41. The van der Waals surface area contributed by atoms with Crippen molar-refractivity contribution in [3.05, 3.63) is 60.1 Å². The van der Waals surface area contributed by atoms with E-state index in [2.05, 4.69) is 28.4 Å². The topological polar surface area (TPSA) is 63.9 Å². The third kappa shape index (κ3) is 4.53. The van der Waals surface area contributed by atoms with Crippen LogP contribution >= 0.6 is 0 Å². The van der Waals surface area contributed by atoms with Crippen LogP contribution in [0.25, 0.3) is 6.08 Å². The summed E-state index contributed by atoms with van der Waals surface area (Å²) in [5, 5.41) is 3.28. The molecule has 6 heteroatoms. The smallest absolute Gasteiger partial charge is 0.244 e. The fourth-order valence-corrected chi connectivity index (χ4v) is 6.25. The molecule has 0 unspecified atom stereocenters. The first-order chi connectivity index (χ1) is 16.6. The van der Waals surface area contributed by atoms with E-state index in [9.17, 15) is 4.79 Å². The highest BCUT2D eigenvalue weighted by Gasteiger charge is 2.59. The van der Waals surface area contributed by atoms with Crippen molar-refractivity contribution in [3.8, 4) is 5.75 Å². The quantitative estimate of drug-likeness (QED) is 0.587. The number of hydrogen-bond donors (Lipinski definition) is 1. The summed E-state index contributed by atoms with van der Waals surface area (Å²) in [6.07, 6.45) is 13.0. The van der Waals surface area contributed by atoms with Gasteiger partial charge in [-0.05, 0) is 80.8 Å². The minimum absolute atomic E-state index is 0.0666. The molecule has 1 amide bonds. The predicted octanol–water partition coefficient (Wildman–Crippen LogP) is 4.41. The van der Waals surface area contributed by atoms with Crippen molar-refractivity contribution < 1.29 is 18.7 Å². The summed E-state index contributed by atoms with van der Waals surface area (Å²) < 4.78 is 17.2. The zero-order valence-corrected chi connectivity index (χ0v) is 20.3. The minimum Gasteiger partial charge on any atom is -0.497 e. The van der Waals surface area contributed by atoms with E-state index < -0.39 is 0 Å². The normalized spacial score (nSPS) is 29.6. The van der Waals surface area contributed by atoms with Crippen LogP contribution in [0.2, 0.25) is 0 Å². The van der Waals surface area contributed by atoms with Gasteiger partial charge in [0.25, 0.3) is 0 Å². The first-order valence-corrected chi connectivity index (χ1v) is 12.5. The minimum atomic E-state index is -0.277. The van der Waals surface area contributed by atoms with Gasteiger partial charge in [0.2, 0.25) is 5.91 Å². The van der Waals surface area contributed by atoms with Crippen LogP contribution in [0, 0.1) is 5.92 Å². The molecule has 1 saturated heterocycles. The summed E-state index contributed by atoms with van der Waals surface area (Å²) in [7, 11) is 3.59. The highest BCUT2D eigenvalue weighted by atomic mass is 16.5. The first kappa shape index (κ1) is 23.2. The van der Waals surface area contributed by atoms with Gasteiger partial charge in [0.15, 0.2) is 0 Å². The van der Waals surface area contributed by atoms with Gasteiger partial charge in [-0.25, -0.2) is 0 Å². The van der Waals surface area contributed by atoms with Gasteiger partial charge in [0.1, 0.15) is 5.75 Å². The summed E-state index contributed by atoms with van der Waals surface area (Å²) >= 11 is 0. The molecule has 2 aromatic rings. The van der Waals surface area contributed by atoms with Gasteiger partial charge < -0.3 is 24.1 Å². The van der Waals surface area contributed by atoms with Crippen molar-refractivity contribution in [1.29, 1.82) is 0 Å². The number of fused-ring (bicyclic) bond motifs is 1. The Kier molecular flexibility index (Phi) is 6.54. The lowest BCUT2D eigenvalue weighted by atomic mass is 9.55. The van der Waals surface area contributed by atoms with Gasteiger partial charge in [-0.15, -0.1) is 0 Å². The molecule has 1 aliphatic heterocycles. The van der Waals surface area contributed by atoms with Crippen LogP contribution < -0.4 is 10.1 Å². The van der Waals surface area contributed by atoms with Crippen LogP contribution in [-0.2, 0) is 14.9 Å². The molecule has 3 aliphatic rings. The van der Waals surface area contributed by atoms with Gasteiger partial charge >= 0.3 is 0 Å². The van der Waals surface area contributed by atoms with E-state index in [-0.39, 0.29) is 23.0 Å². The summed E-state index contributed by atoms with van der Waals surface area (Å²) in [6, 6.07) is 10.4. The number of nitrogens with one attached hydrogen (secondary N) is 1. The molecule has 3 atom stereocenters. The van der Waals surface area contributed by atoms with Gasteiger partial charge in [-0.1, -0.05) is 12.1 Å². The molecule has 2 saturated carbocycles. The zero-order valence-electron chi connectivity index (χ0n) is 20.3. The van der Waals surface area contributed by atoms with Gasteiger partial charge in [-0.2, -0.15) is 0 Å². The standard InChI is InChI=1S/C28H36N2O4/c1-32-25-5-3-4-23(16-25)27-13-14-30(18-21-6-7-21)20-28(27,33-2)12-10-24(17-27)29-26(31)9-8-22-11-15-34-19-22/h3-5,8-9,11,15-16,19,21,24H,6-7,10,12-14,17-18,20H2,1-2H3,(H,29,31)/t24-,27-,28-/m0/s1. The van der Waals surface area contributed by atoms with Crippen LogP contribution in [0.15, 0.2) is 53.4 Å². The fraction of sp³-hybridized carbons (Fsp3) is 0.536. The number of methoxy groups -OCH3 is 2. The third-order valence-corrected chi connectivity index (χ3v) is 8.24. The Morgan fingerprint density at radius 1 is 1.24 bits per heavy atom. The zero-order chi connectivity index (χ0) is 23.6. The van der Waals surface area contributed by atoms with E-state index in [1.54, 1.807) is 31.8 Å². The van der Waals surface area contributed by atoms with E-state index in [4.69, 9.17) is 13.9 Å². The van der Waals surface area contributed by atoms with Crippen molar-refractivity contribution >= 4 is 12.0 Å². The van der Waals surface area contributed by atoms with Crippen molar-refractivity contribution in [1.82, 2.24) is 10.2 Å². The lowest BCUT2D eigenvalue weighted by Gasteiger charge is -2.60. The van der Waals surface area contributed by atoms with Gasteiger partial charge in [0, 0.05) is 43.3 Å². The Hall–Kier alpha value is -2.57. The van der Waals surface area contributed by atoms with Crippen molar-refractivity contribution in [2.24, 2.45) is 5.92 Å². The highest BCUT2D eigenvalue weighted by Crippen LogP contribution is 2.54. The van der Waals surface area contributed by atoms with Crippen LogP contribution in [0.5, 0.6) is 5.75 Å². The Morgan fingerprint density at radius 2 is 2.12 bits per heavy atom. The molecule has 34 heavy (non-hydrogen) atoms. The van der Waals surface area contributed by atoms with Crippen molar-refractivity contribution in [3.63, 3.8) is 0 Å². The number of benzene rings is 1. The summed E-state index contributed by atoms with van der Waals surface area (Å²) in [5.74, 6) is 1.66. The number of amides is 1. The van der Waals surface area contributed by atoms with E-state index in [1.165, 1.54) is 24.9 Å². The number of furan rings is 1. The number of hydrogen-bond acceptors (Lipinski definition) is 5. The number of ether oxygens (including phenoxy) is 2. The summed E-state index contributed by atoms with van der Waals surface area (Å²) in [4.78, 5) is 15.4. The van der Waals surface area contributed by atoms with E-state index in [0.717, 1.165) is 56.0 Å². The maximum Gasteiger partial charge on any atom is 0.244 e. The molecular weight excluding hydrogens is 428 g/mol. The molecule has 6 nitrogen and oxygen atoms in total. The number of carbonyl (C=O) groups is 1. The SMILES string of the molecule is COc1cccc([C@@]23CCN(CC4CC4)C[C@@]2(OC)CC[C@H](NC(=O)C=Cc2ccoc2)C3)c1. The second-order valence-electron chi connectivity index (χ2n) is 10.3. The summed E-state index contributed by atoms with van der Waals surface area (Å²) in [6.45, 7) is 3.18. The van der Waals surface area contributed by atoms with Crippen LogP contribution in [0.1, 0.15) is 49.7 Å². The molecule has 5 rings (SSSR count). The highest BCUT2D eigenvalue weighted by molar-refractivity contribution is 5.91. The molecule has 1 N–H and O–H groups in total. The largest absolute Gasteiger partial charge is 0.497 e. The molecule has 1 aromatic heterocycles. The Bertz CT molecular complexity index is 1020. The average Bonchev–Trinajstić information content (AvgIpc) is 3.52. The lowest BCUT2D eigenvalue weighted by molar-refractivity contribution is -0.150. The van der Waals surface area contributed by atoms with Crippen LogP contribution in [0.3, 0.4) is 0 Å². The molecule has 3 fully saturated rings. The second-order valence-corrected chi connectivity index (χ2v) is 10.3.